The number of hydrogen-bond donors (Lipinski definition) is 3. The molecule has 7 nitrogen and oxygen atoms in total. The highest BCUT2D eigenvalue weighted by Crippen LogP contribution is 2.44. The molecule has 0 aliphatic heterocycles. The molecule has 4 N–H and O–H groups in total. The minimum absolute atomic E-state index is 0.00231. The zero-order valence-electron chi connectivity index (χ0n) is 19.0. The van der Waals surface area contributed by atoms with Crippen molar-refractivity contribution in [2.75, 3.05) is 12.4 Å². The van der Waals surface area contributed by atoms with Crippen molar-refractivity contribution in [3.63, 3.8) is 0 Å². The molecular formula is C25H26F3N5O2. The van der Waals surface area contributed by atoms with Gasteiger partial charge in [0.25, 0.3) is 0 Å². The Morgan fingerprint density at radius 1 is 1.17 bits per heavy atom. The van der Waals surface area contributed by atoms with E-state index in [1.807, 2.05) is 0 Å². The molecule has 0 saturated heterocycles. The Morgan fingerprint density at radius 3 is 2.57 bits per heavy atom. The smallest absolute Gasteiger partial charge is 0.306 e. The second-order valence-electron chi connectivity index (χ2n) is 9.34. The largest absolute Gasteiger partial charge is 0.481 e. The van der Waals surface area contributed by atoms with Crippen LogP contribution < -0.4 is 5.73 Å². The zero-order chi connectivity index (χ0) is 24.7. The fourth-order valence-electron chi connectivity index (χ4n) is 5.50. The number of aliphatic carboxylic acids is 1. The minimum Gasteiger partial charge on any atom is -0.481 e. The number of fused-ring (bicyclic) bond motifs is 5. The summed E-state index contributed by atoms with van der Waals surface area (Å²) in [6, 6.07) is 3.71. The van der Waals surface area contributed by atoms with Gasteiger partial charge in [-0.2, -0.15) is 0 Å². The quantitative estimate of drug-likeness (QED) is 0.363. The summed E-state index contributed by atoms with van der Waals surface area (Å²) in [5, 5.41) is 9.78. The van der Waals surface area contributed by atoms with Crippen LogP contribution >= 0.6 is 0 Å². The SMILES string of the molecule is Nc1nc(-c2c[nH]c3c(F)cc(F)cc23)nc2c1ccn2CCF.O=C(O)C1CC2CCC1CC2. The van der Waals surface area contributed by atoms with Crippen LogP contribution in [0, 0.1) is 29.4 Å². The second-order valence-corrected chi connectivity index (χ2v) is 9.34. The van der Waals surface area contributed by atoms with Crippen molar-refractivity contribution < 1.29 is 23.1 Å². The monoisotopic (exact) mass is 485 g/mol. The Bertz CT molecular complexity index is 1390. The number of aromatic nitrogens is 4. The molecular weight excluding hydrogens is 459 g/mol. The van der Waals surface area contributed by atoms with Crippen molar-refractivity contribution in [3.8, 4) is 11.4 Å². The van der Waals surface area contributed by atoms with Crippen molar-refractivity contribution >= 4 is 33.7 Å². The van der Waals surface area contributed by atoms with Gasteiger partial charge in [0.15, 0.2) is 5.82 Å². The van der Waals surface area contributed by atoms with Gasteiger partial charge in [0.2, 0.25) is 0 Å². The average Bonchev–Trinajstić information content (AvgIpc) is 3.45. The standard InChI is InChI=1S/C16H12F3N5.C9H14O2/c17-2-4-24-3-1-9-14(20)22-15(23-16(9)24)11-7-21-13-10(11)5-8(18)6-12(13)19;10-9(11)8-5-6-1-3-7(8)4-2-6/h1,3,5-7,21H,2,4H2,(H2,20,22,23);6-8H,1-5H2,(H,10,11). The normalized spacial score (nSPS) is 21.3. The van der Waals surface area contributed by atoms with E-state index in [2.05, 4.69) is 15.0 Å². The van der Waals surface area contributed by atoms with Crippen molar-refractivity contribution in [2.45, 2.75) is 38.6 Å². The number of rotatable bonds is 4. The molecule has 3 aromatic heterocycles. The fraction of sp³-hybridized carbons (Fsp3) is 0.400. The van der Waals surface area contributed by atoms with Crippen LogP contribution in [0.5, 0.6) is 0 Å². The number of halogens is 3. The molecule has 1 unspecified atom stereocenters. The predicted octanol–water partition coefficient (Wildman–Crippen LogP) is 5.31. The lowest BCUT2D eigenvalue weighted by Gasteiger charge is -2.40. The van der Waals surface area contributed by atoms with Gasteiger partial charge in [-0.3, -0.25) is 4.79 Å². The van der Waals surface area contributed by atoms with Crippen LogP contribution in [0.1, 0.15) is 32.1 Å². The molecule has 184 valence electrons. The molecule has 3 saturated carbocycles. The minimum atomic E-state index is -0.703. The van der Waals surface area contributed by atoms with E-state index in [1.54, 1.807) is 16.8 Å². The molecule has 3 aliphatic carbocycles. The van der Waals surface area contributed by atoms with E-state index in [9.17, 15) is 18.0 Å². The third-order valence-electron chi connectivity index (χ3n) is 7.29. The van der Waals surface area contributed by atoms with E-state index < -0.39 is 24.3 Å². The van der Waals surface area contributed by atoms with Crippen molar-refractivity contribution in [2.24, 2.45) is 17.8 Å². The first-order valence-electron chi connectivity index (χ1n) is 11.7. The molecule has 3 fully saturated rings. The number of carbonyl (C=O) groups is 1. The number of nitrogen functional groups attached to an aromatic ring is 1. The molecule has 0 spiro atoms. The first kappa shape index (κ1) is 23.2. The lowest BCUT2D eigenvalue weighted by molar-refractivity contribution is -0.147. The fourth-order valence-corrected chi connectivity index (χ4v) is 5.50. The van der Waals surface area contributed by atoms with E-state index in [4.69, 9.17) is 10.8 Å². The van der Waals surface area contributed by atoms with Gasteiger partial charge in [0.1, 0.15) is 29.8 Å². The van der Waals surface area contributed by atoms with Gasteiger partial charge in [-0.05, 0) is 43.2 Å². The number of aryl methyl sites for hydroxylation is 1. The molecule has 0 amide bonds. The van der Waals surface area contributed by atoms with Crippen molar-refractivity contribution in [1.29, 1.82) is 0 Å². The maximum atomic E-state index is 13.8. The Hall–Kier alpha value is -3.56. The lowest BCUT2D eigenvalue weighted by atomic mass is 9.65. The van der Waals surface area contributed by atoms with Gasteiger partial charge in [0.05, 0.1) is 23.4 Å². The lowest BCUT2D eigenvalue weighted by Crippen LogP contribution is -2.35. The summed E-state index contributed by atoms with van der Waals surface area (Å²) < 4.78 is 41.7. The number of nitrogens with one attached hydrogen (secondary N) is 1. The van der Waals surface area contributed by atoms with Crippen LogP contribution in [0.2, 0.25) is 0 Å². The summed E-state index contributed by atoms with van der Waals surface area (Å²) >= 11 is 0. The number of carboxylic acid groups (broad SMARTS) is 1. The number of nitrogens with two attached hydrogens (primary N) is 1. The third-order valence-corrected chi connectivity index (χ3v) is 7.29. The number of alkyl halides is 1. The molecule has 0 radical (unpaired) electrons. The van der Waals surface area contributed by atoms with Crippen molar-refractivity contribution in [1.82, 2.24) is 19.5 Å². The summed E-state index contributed by atoms with van der Waals surface area (Å²) in [5.74, 6) is -0.267. The molecule has 1 atom stereocenters. The Kier molecular flexibility index (Phi) is 6.12. The van der Waals surface area contributed by atoms with Crippen LogP contribution in [0.25, 0.3) is 33.3 Å². The van der Waals surface area contributed by atoms with Gasteiger partial charge < -0.3 is 20.4 Å². The zero-order valence-corrected chi connectivity index (χ0v) is 19.0. The molecule has 7 rings (SSSR count). The highest BCUT2D eigenvalue weighted by Gasteiger charge is 2.39. The van der Waals surface area contributed by atoms with Crippen LogP contribution in [0.3, 0.4) is 0 Å². The molecule has 3 heterocycles. The number of hydrogen-bond acceptors (Lipinski definition) is 4. The topological polar surface area (TPSA) is 110 Å². The summed E-state index contributed by atoms with van der Waals surface area (Å²) in [6.45, 7) is -0.414. The first-order valence-corrected chi connectivity index (χ1v) is 11.7. The first-order chi connectivity index (χ1) is 16.9. The molecule has 3 aliphatic rings. The van der Waals surface area contributed by atoms with E-state index in [-0.39, 0.29) is 29.6 Å². The molecule has 4 aromatic rings. The van der Waals surface area contributed by atoms with Crippen molar-refractivity contribution in [3.05, 3.63) is 42.2 Å². The number of carboxylic acids is 1. The maximum absolute atomic E-state index is 13.8. The molecule has 2 bridgehead atoms. The van der Waals surface area contributed by atoms with Crippen LogP contribution in [0.15, 0.2) is 30.6 Å². The number of H-pyrrole nitrogens is 1. The number of anilines is 1. The van der Waals surface area contributed by atoms with E-state index >= 15 is 0 Å². The second kappa shape index (κ2) is 9.24. The van der Waals surface area contributed by atoms with Crippen LogP contribution in [-0.4, -0.2) is 37.3 Å². The summed E-state index contributed by atoms with van der Waals surface area (Å²) in [6.07, 6.45) is 9.04. The number of nitrogens with zero attached hydrogens (tertiary/aromatic N) is 3. The Labute approximate surface area is 199 Å². The van der Waals surface area contributed by atoms with Crippen LogP contribution in [-0.2, 0) is 11.3 Å². The van der Waals surface area contributed by atoms with E-state index in [1.165, 1.54) is 37.9 Å². The molecule has 1 aromatic carbocycles. The Morgan fingerprint density at radius 2 is 1.94 bits per heavy atom. The highest BCUT2D eigenvalue weighted by molar-refractivity contribution is 5.96. The average molecular weight is 486 g/mol. The number of benzene rings is 1. The maximum Gasteiger partial charge on any atom is 0.306 e. The van der Waals surface area contributed by atoms with Gasteiger partial charge in [-0.1, -0.05) is 12.8 Å². The summed E-state index contributed by atoms with van der Waals surface area (Å²) in [4.78, 5) is 22.1. The molecule has 10 heteroatoms. The van der Waals surface area contributed by atoms with E-state index in [0.717, 1.165) is 18.4 Å². The number of aromatic amines is 1. The van der Waals surface area contributed by atoms with E-state index in [0.29, 0.717) is 27.9 Å². The van der Waals surface area contributed by atoms with Gasteiger partial charge in [0, 0.05) is 29.4 Å². The van der Waals surface area contributed by atoms with Gasteiger partial charge >= 0.3 is 5.97 Å². The predicted molar refractivity (Wildman–Crippen MR) is 126 cm³/mol. The van der Waals surface area contributed by atoms with Crippen LogP contribution in [0.4, 0.5) is 19.0 Å². The summed E-state index contributed by atoms with van der Waals surface area (Å²) in [7, 11) is 0. The third kappa shape index (κ3) is 4.33. The van der Waals surface area contributed by atoms with Gasteiger partial charge in [-0.25, -0.2) is 23.1 Å². The van der Waals surface area contributed by atoms with Gasteiger partial charge in [-0.15, -0.1) is 0 Å². The summed E-state index contributed by atoms with van der Waals surface area (Å²) in [5.41, 5.74) is 7.01. The highest BCUT2D eigenvalue weighted by atomic mass is 19.1. The molecule has 35 heavy (non-hydrogen) atoms. The Balaban J connectivity index is 0.000000192.